The monoisotopic (exact) mass is 377 g/mol. The molecule has 0 fully saturated rings. The summed E-state index contributed by atoms with van der Waals surface area (Å²) in [6, 6.07) is 10.6. The number of primary sulfonamides is 1. The van der Waals surface area contributed by atoms with Crippen LogP contribution >= 0.6 is 11.8 Å². The van der Waals surface area contributed by atoms with Gasteiger partial charge in [-0.05, 0) is 49.4 Å². The average molecular weight is 377 g/mol. The molecule has 1 aliphatic heterocycles. The molecule has 130 valence electrons. The van der Waals surface area contributed by atoms with Gasteiger partial charge in [0.15, 0.2) is 0 Å². The van der Waals surface area contributed by atoms with Gasteiger partial charge in [0.25, 0.3) is 5.91 Å². The average Bonchev–Trinajstić information content (AvgIpc) is 2.55. The number of carbonyl (C=O) groups is 2. The predicted molar refractivity (Wildman–Crippen MR) is 96.2 cm³/mol. The largest absolute Gasteiger partial charge is 0.324 e. The number of nitrogens with two attached hydrogens (primary N) is 1. The number of nitrogens with one attached hydrogen (secondary N) is 2. The van der Waals surface area contributed by atoms with Crippen molar-refractivity contribution in [2.24, 2.45) is 5.14 Å². The lowest BCUT2D eigenvalue weighted by atomic mass is 10.1. The summed E-state index contributed by atoms with van der Waals surface area (Å²) in [5, 5.41) is 10.3. The van der Waals surface area contributed by atoms with E-state index < -0.39 is 10.0 Å². The van der Waals surface area contributed by atoms with Crippen molar-refractivity contribution in [1.29, 1.82) is 0 Å². The minimum Gasteiger partial charge on any atom is -0.324 e. The topological polar surface area (TPSA) is 118 Å². The summed E-state index contributed by atoms with van der Waals surface area (Å²) in [4.78, 5) is 25.0. The first kappa shape index (κ1) is 17.5. The molecule has 7 nitrogen and oxygen atoms in total. The van der Waals surface area contributed by atoms with Gasteiger partial charge in [0, 0.05) is 16.1 Å². The van der Waals surface area contributed by atoms with Crippen molar-refractivity contribution in [3.63, 3.8) is 0 Å². The van der Waals surface area contributed by atoms with Gasteiger partial charge in [0.05, 0.1) is 15.8 Å². The first-order valence-corrected chi connectivity index (χ1v) is 9.72. The zero-order chi connectivity index (χ0) is 18.2. The Hall–Kier alpha value is -2.36. The van der Waals surface area contributed by atoms with Crippen molar-refractivity contribution >= 4 is 45.0 Å². The molecule has 0 aliphatic carbocycles. The Kier molecular flexibility index (Phi) is 4.55. The molecule has 25 heavy (non-hydrogen) atoms. The molecule has 0 spiro atoms. The fourth-order valence-electron chi connectivity index (χ4n) is 2.28. The highest BCUT2D eigenvalue weighted by Gasteiger charge is 2.23. The number of thioether (sulfide) groups is 1. The molecular weight excluding hydrogens is 362 g/mol. The van der Waals surface area contributed by atoms with Crippen molar-refractivity contribution in [2.75, 3.05) is 10.6 Å². The van der Waals surface area contributed by atoms with E-state index in [-0.39, 0.29) is 22.0 Å². The van der Waals surface area contributed by atoms with Gasteiger partial charge < -0.3 is 10.6 Å². The standard InChI is InChI=1S/C16H15N3O4S2/c1-9-15(20)19-13-8-10(2-7-14(13)24-9)16(21)18-11-3-5-12(6-4-11)25(17,22)23/h2-9H,1H3,(H,18,21)(H,19,20)(H2,17,22,23). The summed E-state index contributed by atoms with van der Waals surface area (Å²) in [7, 11) is -3.78. The molecule has 0 aromatic heterocycles. The van der Waals surface area contributed by atoms with Gasteiger partial charge in [-0.15, -0.1) is 11.8 Å². The zero-order valence-electron chi connectivity index (χ0n) is 13.1. The van der Waals surface area contributed by atoms with Crippen LogP contribution in [0.2, 0.25) is 0 Å². The number of anilines is 2. The van der Waals surface area contributed by atoms with Crippen molar-refractivity contribution in [3.05, 3.63) is 48.0 Å². The van der Waals surface area contributed by atoms with Gasteiger partial charge in [-0.2, -0.15) is 0 Å². The number of fused-ring (bicyclic) bond motifs is 1. The summed E-state index contributed by atoms with van der Waals surface area (Å²) in [5.74, 6) is -0.474. The third-order valence-electron chi connectivity index (χ3n) is 3.61. The van der Waals surface area contributed by atoms with E-state index >= 15 is 0 Å². The zero-order valence-corrected chi connectivity index (χ0v) is 14.8. The maximum atomic E-state index is 12.4. The normalized spacial score (nSPS) is 16.7. The van der Waals surface area contributed by atoms with E-state index in [4.69, 9.17) is 5.14 Å². The van der Waals surface area contributed by atoms with Gasteiger partial charge in [-0.3, -0.25) is 9.59 Å². The van der Waals surface area contributed by atoms with Crippen LogP contribution in [0, 0.1) is 0 Å². The Morgan fingerprint density at radius 3 is 2.52 bits per heavy atom. The molecule has 0 saturated heterocycles. The number of hydrogen-bond acceptors (Lipinski definition) is 5. The van der Waals surface area contributed by atoms with Crippen LogP contribution in [-0.2, 0) is 14.8 Å². The van der Waals surface area contributed by atoms with E-state index in [9.17, 15) is 18.0 Å². The maximum Gasteiger partial charge on any atom is 0.255 e. The van der Waals surface area contributed by atoms with Gasteiger partial charge in [-0.25, -0.2) is 13.6 Å². The van der Waals surface area contributed by atoms with E-state index in [1.807, 2.05) is 6.92 Å². The van der Waals surface area contributed by atoms with Crippen LogP contribution in [-0.4, -0.2) is 25.5 Å². The van der Waals surface area contributed by atoms with E-state index in [2.05, 4.69) is 10.6 Å². The third kappa shape index (κ3) is 3.84. The Balaban J connectivity index is 1.78. The molecule has 2 aromatic rings. The van der Waals surface area contributed by atoms with Gasteiger partial charge >= 0.3 is 0 Å². The summed E-state index contributed by atoms with van der Waals surface area (Å²) in [6.07, 6.45) is 0. The highest BCUT2D eigenvalue weighted by atomic mass is 32.2. The summed E-state index contributed by atoms with van der Waals surface area (Å²) in [6.45, 7) is 1.81. The molecule has 0 bridgehead atoms. The number of hydrogen-bond donors (Lipinski definition) is 3. The molecular formula is C16H15N3O4S2. The summed E-state index contributed by atoms with van der Waals surface area (Å²) < 4.78 is 22.5. The second-order valence-electron chi connectivity index (χ2n) is 5.48. The van der Waals surface area contributed by atoms with Crippen molar-refractivity contribution in [3.8, 4) is 0 Å². The van der Waals surface area contributed by atoms with Crippen LogP contribution in [0.5, 0.6) is 0 Å². The van der Waals surface area contributed by atoms with Crippen molar-refractivity contribution in [1.82, 2.24) is 0 Å². The molecule has 1 aliphatic rings. The number of sulfonamides is 1. The first-order valence-electron chi connectivity index (χ1n) is 7.30. The second-order valence-corrected chi connectivity index (χ2v) is 8.43. The number of rotatable bonds is 3. The molecule has 1 unspecified atom stereocenters. The number of carbonyl (C=O) groups excluding carboxylic acids is 2. The molecule has 1 atom stereocenters. The highest BCUT2D eigenvalue weighted by molar-refractivity contribution is 8.01. The smallest absolute Gasteiger partial charge is 0.255 e. The molecule has 3 rings (SSSR count). The molecule has 2 aromatic carbocycles. The Labute approximate surface area is 149 Å². The summed E-state index contributed by atoms with van der Waals surface area (Å²) >= 11 is 1.44. The molecule has 0 radical (unpaired) electrons. The minimum absolute atomic E-state index is 0.0341. The minimum atomic E-state index is -3.78. The van der Waals surface area contributed by atoms with Gasteiger partial charge in [-0.1, -0.05) is 0 Å². The van der Waals surface area contributed by atoms with Gasteiger partial charge in [0.2, 0.25) is 15.9 Å². The van der Waals surface area contributed by atoms with E-state index in [0.717, 1.165) is 4.90 Å². The van der Waals surface area contributed by atoms with Crippen molar-refractivity contribution < 1.29 is 18.0 Å². The molecule has 2 amide bonds. The summed E-state index contributed by atoms with van der Waals surface area (Å²) in [5.41, 5.74) is 1.41. The maximum absolute atomic E-state index is 12.4. The van der Waals surface area contributed by atoms with Crippen LogP contribution in [0.25, 0.3) is 0 Å². The lowest BCUT2D eigenvalue weighted by molar-refractivity contribution is -0.115. The van der Waals surface area contributed by atoms with Crippen LogP contribution in [0.4, 0.5) is 11.4 Å². The van der Waals surface area contributed by atoms with Crippen LogP contribution < -0.4 is 15.8 Å². The quantitative estimate of drug-likeness (QED) is 0.756. The predicted octanol–water partition coefficient (Wildman–Crippen LogP) is 2.02. The Morgan fingerprint density at radius 2 is 1.88 bits per heavy atom. The fourth-order valence-corrected chi connectivity index (χ4v) is 3.73. The van der Waals surface area contributed by atoms with Crippen LogP contribution in [0.15, 0.2) is 52.3 Å². The van der Waals surface area contributed by atoms with E-state index in [1.54, 1.807) is 18.2 Å². The molecule has 9 heteroatoms. The van der Waals surface area contributed by atoms with Crippen molar-refractivity contribution in [2.45, 2.75) is 22.0 Å². The number of benzene rings is 2. The number of amides is 2. The van der Waals surface area contributed by atoms with Crippen LogP contribution in [0.1, 0.15) is 17.3 Å². The highest BCUT2D eigenvalue weighted by Crippen LogP contribution is 2.36. The SMILES string of the molecule is CC1Sc2ccc(C(=O)Nc3ccc(S(N)(=O)=O)cc3)cc2NC1=O. The lowest BCUT2D eigenvalue weighted by Crippen LogP contribution is -2.26. The second kappa shape index (κ2) is 6.51. The molecule has 1 heterocycles. The Bertz CT molecular complexity index is 956. The Morgan fingerprint density at radius 1 is 1.20 bits per heavy atom. The van der Waals surface area contributed by atoms with E-state index in [1.165, 1.54) is 36.0 Å². The third-order valence-corrected chi connectivity index (χ3v) is 5.72. The van der Waals surface area contributed by atoms with Gasteiger partial charge in [0.1, 0.15) is 0 Å². The lowest BCUT2D eigenvalue weighted by Gasteiger charge is -2.21. The fraction of sp³-hybridized carbons (Fsp3) is 0.125. The van der Waals surface area contributed by atoms with E-state index in [0.29, 0.717) is 16.9 Å². The van der Waals surface area contributed by atoms with Crippen LogP contribution in [0.3, 0.4) is 0 Å². The molecule has 4 N–H and O–H groups in total. The molecule has 0 saturated carbocycles. The first-order chi connectivity index (χ1) is 11.7.